The lowest BCUT2D eigenvalue weighted by Gasteiger charge is -2.45. The third-order valence-electron chi connectivity index (χ3n) is 4.42. The molecule has 1 amide bonds. The van der Waals surface area contributed by atoms with Crippen LogP contribution in [0.4, 0.5) is 10.6 Å². The number of aromatic nitrogens is 1. The van der Waals surface area contributed by atoms with Crippen LogP contribution in [-0.4, -0.2) is 48.8 Å². The quantitative estimate of drug-likeness (QED) is 0.693. The number of amides is 1. The topological polar surface area (TPSA) is 45.7 Å². The van der Waals surface area contributed by atoms with Gasteiger partial charge in [0.1, 0.15) is 5.82 Å². The Labute approximate surface area is 151 Å². The van der Waals surface area contributed by atoms with E-state index in [-0.39, 0.29) is 6.09 Å². The Morgan fingerprint density at radius 3 is 2.57 bits per heavy atom. The Morgan fingerprint density at radius 2 is 2.00 bits per heavy atom. The fourth-order valence-electron chi connectivity index (χ4n) is 3.50. The van der Waals surface area contributed by atoms with Gasteiger partial charge in [-0.2, -0.15) is 0 Å². The molecule has 0 aromatic carbocycles. The summed E-state index contributed by atoms with van der Waals surface area (Å²) in [6.07, 6.45) is 2.97. The van der Waals surface area contributed by atoms with Crippen molar-refractivity contribution in [1.29, 1.82) is 0 Å². The summed E-state index contributed by atoms with van der Waals surface area (Å²) < 4.78 is 6.55. The Kier molecular flexibility index (Phi) is 5.28. The average Bonchev–Trinajstić information content (AvgIpc) is 2.52. The molecule has 0 spiro atoms. The molecule has 2 fully saturated rings. The molecule has 0 aliphatic carbocycles. The van der Waals surface area contributed by atoms with Gasteiger partial charge in [-0.25, -0.2) is 9.78 Å². The van der Waals surface area contributed by atoms with Gasteiger partial charge in [-0.05, 0) is 58.9 Å². The largest absolute Gasteiger partial charge is 0.449 e. The van der Waals surface area contributed by atoms with E-state index < -0.39 is 0 Å². The maximum Gasteiger partial charge on any atom is 0.409 e. The highest BCUT2D eigenvalue weighted by Crippen LogP contribution is 2.31. The molecule has 2 saturated heterocycles. The maximum atomic E-state index is 12.2. The summed E-state index contributed by atoms with van der Waals surface area (Å²) in [6, 6.07) is 4.19. The average molecular weight is 429 g/mol. The van der Waals surface area contributed by atoms with Crippen LogP contribution in [0.1, 0.15) is 20.3 Å². The summed E-state index contributed by atoms with van der Waals surface area (Å²) >= 11 is 2.28. The van der Waals surface area contributed by atoms with Crippen molar-refractivity contribution in [3.05, 3.63) is 21.9 Å². The molecule has 3 heterocycles. The summed E-state index contributed by atoms with van der Waals surface area (Å²) in [5, 5.41) is 0. The lowest BCUT2D eigenvalue weighted by molar-refractivity contribution is 0.0574. The van der Waals surface area contributed by atoms with E-state index in [0.29, 0.717) is 24.4 Å². The van der Waals surface area contributed by atoms with E-state index in [9.17, 15) is 4.79 Å². The van der Waals surface area contributed by atoms with Gasteiger partial charge in [0.05, 0.1) is 6.61 Å². The van der Waals surface area contributed by atoms with E-state index in [1.807, 2.05) is 11.1 Å². The van der Waals surface area contributed by atoms with Crippen LogP contribution in [0, 0.1) is 21.3 Å². The molecule has 2 atom stereocenters. The molecule has 1 aromatic rings. The molecule has 23 heavy (non-hydrogen) atoms. The minimum atomic E-state index is -0.144. The van der Waals surface area contributed by atoms with Crippen molar-refractivity contribution in [2.24, 2.45) is 17.8 Å². The molecular formula is C17H24IN3O2. The monoisotopic (exact) mass is 429 g/mol. The molecule has 126 valence electrons. The summed E-state index contributed by atoms with van der Waals surface area (Å²) in [7, 11) is 0. The van der Waals surface area contributed by atoms with Crippen LogP contribution in [0.2, 0.25) is 0 Å². The smallest absolute Gasteiger partial charge is 0.409 e. The predicted molar refractivity (Wildman–Crippen MR) is 98.5 cm³/mol. The first kappa shape index (κ1) is 16.8. The predicted octanol–water partition coefficient (Wildman–Crippen LogP) is 3.24. The number of hydrogen-bond acceptors (Lipinski definition) is 4. The van der Waals surface area contributed by atoms with Gasteiger partial charge in [-0.1, -0.05) is 13.8 Å². The number of carbonyl (C=O) groups is 1. The van der Waals surface area contributed by atoms with Crippen LogP contribution in [0.3, 0.4) is 0 Å². The fraction of sp³-hybridized carbons (Fsp3) is 0.647. The summed E-state index contributed by atoms with van der Waals surface area (Å²) in [5.41, 5.74) is 0. The third kappa shape index (κ3) is 4.28. The van der Waals surface area contributed by atoms with Crippen molar-refractivity contribution in [1.82, 2.24) is 9.88 Å². The lowest BCUT2D eigenvalue weighted by Crippen LogP contribution is -2.54. The third-order valence-corrected chi connectivity index (χ3v) is 5.05. The molecule has 0 N–H and O–H groups in total. The number of likely N-dealkylation sites (tertiary alicyclic amines) is 1. The lowest BCUT2D eigenvalue weighted by atomic mass is 9.85. The highest BCUT2D eigenvalue weighted by atomic mass is 127. The van der Waals surface area contributed by atoms with E-state index >= 15 is 0 Å². The van der Waals surface area contributed by atoms with Gasteiger partial charge in [0.15, 0.2) is 0 Å². The summed E-state index contributed by atoms with van der Waals surface area (Å²) in [4.78, 5) is 21.0. The van der Waals surface area contributed by atoms with Gasteiger partial charge in [0, 0.05) is 35.9 Å². The Morgan fingerprint density at radius 1 is 1.30 bits per heavy atom. The number of ether oxygens (including phenoxy) is 1. The second-order valence-electron chi connectivity index (χ2n) is 7.08. The van der Waals surface area contributed by atoms with Crippen molar-refractivity contribution >= 4 is 34.5 Å². The van der Waals surface area contributed by atoms with Crippen molar-refractivity contribution in [2.75, 3.05) is 37.7 Å². The van der Waals surface area contributed by atoms with Crippen LogP contribution < -0.4 is 4.90 Å². The highest BCUT2D eigenvalue weighted by molar-refractivity contribution is 14.1. The molecule has 0 radical (unpaired) electrons. The molecular weight excluding hydrogens is 405 g/mol. The second-order valence-corrected chi connectivity index (χ2v) is 8.33. The molecule has 2 unspecified atom stereocenters. The molecule has 0 saturated carbocycles. The molecule has 6 heteroatoms. The standard InChI is InChI=1S/C17H24IN3O2/c1-12(2)11-23-17(22)21-9-13-5-14(10-21)8-20(7-13)16-4-3-15(18)6-19-16/h3-4,6,12-14H,5,7-11H2,1-2H3. The van der Waals surface area contributed by atoms with Crippen LogP contribution in [0.25, 0.3) is 0 Å². The number of anilines is 1. The number of rotatable bonds is 3. The van der Waals surface area contributed by atoms with Crippen molar-refractivity contribution in [3.63, 3.8) is 0 Å². The van der Waals surface area contributed by atoms with Crippen molar-refractivity contribution in [2.45, 2.75) is 20.3 Å². The number of carbonyl (C=O) groups excluding carboxylic acids is 1. The molecule has 2 aliphatic heterocycles. The zero-order valence-electron chi connectivity index (χ0n) is 13.7. The Hall–Kier alpha value is -1.05. The number of halogens is 1. The number of nitrogens with zero attached hydrogens (tertiary/aromatic N) is 3. The van der Waals surface area contributed by atoms with E-state index in [1.54, 1.807) is 0 Å². The van der Waals surface area contributed by atoms with Gasteiger partial charge >= 0.3 is 6.09 Å². The van der Waals surface area contributed by atoms with E-state index in [1.165, 1.54) is 6.42 Å². The number of pyridine rings is 1. The first-order chi connectivity index (χ1) is 11.0. The first-order valence-corrected chi connectivity index (χ1v) is 9.37. The fourth-order valence-corrected chi connectivity index (χ4v) is 3.82. The minimum absolute atomic E-state index is 0.144. The van der Waals surface area contributed by atoms with Crippen molar-refractivity contribution in [3.8, 4) is 0 Å². The molecule has 2 bridgehead atoms. The zero-order chi connectivity index (χ0) is 16.4. The van der Waals surface area contributed by atoms with Crippen LogP contribution in [0.5, 0.6) is 0 Å². The van der Waals surface area contributed by atoms with Crippen LogP contribution in [-0.2, 0) is 4.74 Å². The first-order valence-electron chi connectivity index (χ1n) is 8.29. The normalized spacial score (nSPS) is 24.0. The van der Waals surface area contributed by atoms with E-state index in [2.05, 4.69) is 58.5 Å². The van der Waals surface area contributed by atoms with E-state index in [4.69, 9.17) is 4.74 Å². The SMILES string of the molecule is CC(C)COC(=O)N1CC2CC(C1)CN(c1ccc(I)cn1)C2. The van der Waals surface area contributed by atoms with Crippen molar-refractivity contribution < 1.29 is 9.53 Å². The van der Waals surface area contributed by atoms with Crippen LogP contribution >= 0.6 is 22.6 Å². The van der Waals surface area contributed by atoms with E-state index in [0.717, 1.165) is 35.6 Å². The summed E-state index contributed by atoms with van der Waals surface area (Å²) in [6.45, 7) is 8.16. The van der Waals surface area contributed by atoms with Gasteiger partial charge < -0.3 is 14.5 Å². The number of fused-ring (bicyclic) bond motifs is 2. The number of piperidine rings is 2. The summed E-state index contributed by atoms with van der Waals surface area (Å²) in [5.74, 6) is 2.45. The highest BCUT2D eigenvalue weighted by Gasteiger charge is 2.36. The Balaban J connectivity index is 1.59. The number of hydrogen-bond donors (Lipinski definition) is 0. The zero-order valence-corrected chi connectivity index (χ0v) is 15.9. The van der Waals surface area contributed by atoms with Gasteiger partial charge in [-0.3, -0.25) is 0 Å². The Bertz CT molecular complexity index is 535. The van der Waals surface area contributed by atoms with Gasteiger partial charge in [0.25, 0.3) is 0 Å². The molecule has 3 rings (SSSR count). The maximum absolute atomic E-state index is 12.2. The van der Waals surface area contributed by atoms with Crippen LogP contribution in [0.15, 0.2) is 18.3 Å². The molecule has 2 aliphatic rings. The molecule has 5 nitrogen and oxygen atoms in total. The second kappa shape index (κ2) is 7.23. The van der Waals surface area contributed by atoms with Gasteiger partial charge in [0.2, 0.25) is 0 Å². The minimum Gasteiger partial charge on any atom is -0.449 e. The van der Waals surface area contributed by atoms with Gasteiger partial charge in [-0.15, -0.1) is 0 Å². The molecule has 1 aromatic heterocycles.